The molecule has 2 aromatic rings. The second-order valence-electron chi connectivity index (χ2n) is 7.28. The highest BCUT2D eigenvalue weighted by molar-refractivity contribution is 7.89. The second kappa shape index (κ2) is 10.4. The van der Waals surface area contributed by atoms with Gasteiger partial charge in [0.25, 0.3) is 0 Å². The molecule has 0 saturated heterocycles. The van der Waals surface area contributed by atoms with E-state index in [4.69, 9.17) is 32.7 Å². The van der Waals surface area contributed by atoms with Crippen molar-refractivity contribution in [3.05, 3.63) is 63.1 Å². The van der Waals surface area contributed by atoms with Gasteiger partial charge in [0.05, 0.1) is 24.7 Å². The molecule has 164 valence electrons. The molecule has 1 atom stereocenters. The Morgan fingerprint density at radius 3 is 2.73 bits per heavy atom. The lowest BCUT2D eigenvalue weighted by Gasteiger charge is -2.33. The molecule has 1 unspecified atom stereocenters. The highest BCUT2D eigenvalue weighted by Crippen LogP contribution is 2.38. The first kappa shape index (κ1) is 23.5. The molecule has 1 aliphatic rings. The van der Waals surface area contributed by atoms with Gasteiger partial charge in [-0.15, -0.1) is 0 Å². The maximum atomic E-state index is 12.7. The van der Waals surface area contributed by atoms with Crippen molar-refractivity contribution in [2.75, 3.05) is 47.1 Å². The Bertz CT molecular complexity index is 985. The van der Waals surface area contributed by atoms with Crippen LogP contribution in [-0.2, 0) is 26.0 Å². The van der Waals surface area contributed by atoms with Crippen LogP contribution in [0.15, 0.2) is 41.3 Å². The van der Waals surface area contributed by atoms with Crippen LogP contribution in [0.5, 0.6) is 0 Å². The van der Waals surface area contributed by atoms with Gasteiger partial charge in [0.15, 0.2) is 0 Å². The van der Waals surface area contributed by atoms with E-state index in [1.165, 1.54) is 0 Å². The average molecular weight is 473 g/mol. The molecule has 1 aliphatic heterocycles. The molecule has 0 fully saturated rings. The Hall–Kier alpha value is -1.19. The van der Waals surface area contributed by atoms with Crippen molar-refractivity contribution < 1.29 is 17.9 Å². The predicted octanol–water partition coefficient (Wildman–Crippen LogP) is 3.51. The fourth-order valence-corrected chi connectivity index (χ4v) is 5.24. The van der Waals surface area contributed by atoms with Gasteiger partial charge in [-0.3, -0.25) is 0 Å². The van der Waals surface area contributed by atoms with Crippen molar-refractivity contribution in [2.24, 2.45) is 0 Å². The van der Waals surface area contributed by atoms with Gasteiger partial charge >= 0.3 is 0 Å². The molecule has 1 N–H and O–H groups in total. The minimum atomic E-state index is -3.65. The molecule has 1 heterocycles. The van der Waals surface area contributed by atoms with Crippen LogP contribution < -0.4 is 4.72 Å². The van der Waals surface area contributed by atoms with Crippen LogP contribution in [0.1, 0.15) is 22.6 Å². The van der Waals surface area contributed by atoms with E-state index in [-0.39, 0.29) is 24.0 Å². The number of ether oxygens (including phenoxy) is 2. The van der Waals surface area contributed by atoms with Crippen LogP contribution in [0.3, 0.4) is 0 Å². The van der Waals surface area contributed by atoms with E-state index in [0.717, 1.165) is 29.8 Å². The second-order valence-corrected chi connectivity index (χ2v) is 9.89. The summed E-state index contributed by atoms with van der Waals surface area (Å²) in [4.78, 5) is 2.39. The van der Waals surface area contributed by atoms with Gasteiger partial charge in [0.1, 0.15) is 0 Å². The summed E-state index contributed by atoms with van der Waals surface area (Å²) in [6, 6.07) is 10.7. The summed E-state index contributed by atoms with van der Waals surface area (Å²) in [6.45, 7) is 2.84. The zero-order chi connectivity index (χ0) is 21.7. The Morgan fingerprint density at radius 2 is 1.97 bits per heavy atom. The van der Waals surface area contributed by atoms with Crippen molar-refractivity contribution in [3.8, 4) is 0 Å². The first-order valence-electron chi connectivity index (χ1n) is 9.64. The number of nitrogens with zero attached hydrogens (tertiary/aromatic N) is 1. The highest BCUT2D eigenvalue weighted by Gasteiger charge is 2.28. The Labute approximate surface area is 188 Å². The van der Waals surface area contributed by atoms with Crippen LogP contribution in [0.2, 0.25) is 10.0 Å². The minimum absolute atomic E-state index is 0.0255. The maximum Gasteiger partial charge on any atom is 0.240 e. The van der Waals surface area contributed by atoms with E-state index in [9.17, 15) is 8.42 Å². The number of methoxy groups -OCH3 is 1. The van der Waals surface area contributed by atoms with Crippen LogP contribution in [-0.4, -0.2) is 60.4 Å². The van der Waals surface area contributed by atoms with Crippen LogP contribution >= 0.6 is 23.2 Å². The molecule has 0 spiro atoms. The number of likely N-dealkylation sites (N-methyl/N-ethyl adjacent to an activating group) is 1. The fourth-order valence-electron chi connectivity index (χ4n) is 3.60. The molecule has 2 aromatic carbocycles. The number of hydrogen-bond donors (Lipinski definition) is 1. The molecule has 0 aromatic heterocycles. The zero-order valence-electron chi connectivity index (χ0n) is 17.0. The van der Waals surface area contributed by atoms with Crippen molar-refractivity contribution in [2.45, 2.75) is 17.4 Å². The van der Waals surface area contributed by atoms with Gasteiger partial charge in [-0.1, -0.05) is 35.3 Å². The Morgan fingerprint density at radius 1 is 1.17 bits per heavy atom. The smallest absolute Gasteiger partial charge is 0.240 e. The van der Waals surface area contributed by atoms with E-state index in [1.807, 2.05) is 19.2 Å². The van der Waals surface area contributed by atoms with Crippen LogP contribution in [0.25, 0.3) is 0 Å². The summed E-state index contributed by atoms with van der Waals surface area (Å²) >= 11 is 12.7. The molecule has 0 aliphatic carbocycles. The lowest BCUT2D eigenvalue weighted by atomic mass is 9.85. The minimum Gasteiger partial charge on any atom is -0.382 e. The average Bonchev–Trinajstić information content (AvgIpc) is 2.71. The van der Waals surface area contributed by atoms with Crippen molar-refractivity contribution in [1.29, 1.82) is 0 Å². The fraction of sp³-hybridized carbons (Fsp3) is 0.429. The lowest BCUT2D eigenvalue weighted by molar-refractivity contribution is 0.0736. The SMILES string of the molecule is COCCOCCNS(=O)(=O)c1cccc(C2CN(C)Cc3c(Cl)cc(Cl)cc32)c1. The maximum absolute atomic E-state index is 12.7. The van der Waals surface area contributed by atoms with Crippen LogP contribution in [0, 0.1) is 0 Å². The lowest BCUT2D eigenvalue weighted by Crippen LogP contribution is -2.31. The van der Waals surface area contributed by atoms with Gasteiger partial charge < -0.3 is 14.4 Å². The number of halogens is 2. The number of rotatable bonds is 9. The molecule has 0 saturated carbocycles. The molecule has 0 amide bonds. The predicted molar refractivity (Wildman–Crippen MR) is 119 cm³/mol. The molecule has 0 bridgehead atoms. The van der Waals surface area contributed by atoms with Crippen molar-refractivity contribution in [3.63, 3.8) is 0 Å². The summed E-state index contributed by atoms with van der Waals surface area (Å²) in [5.41, 5.74) is 2.97. The van der Waals surface area contributed by atoms with Gasteiger partial charge in [-0.25, -0.2) is 13.1 Å². The van der Waals surface area contributed by atoms with E-state index in [1.54, 1.807) is 31.4 Å². The van der Waals surface area contributed by atoms with Crippen molar-refractivity contribution >= 4 is 33.2 Å². The summed E-state index contributed by atoms with van der Waals surface area (Å²) in [7, 11) is -0.0412. The molecule has 9 heteroatoms. The molecule has 30 heavy (non-hydrogen) atoms. The van der Waals surface area contributed by atoms with E-state index in [0.29, 0.717) is 23.3 Å². The largest absolute Gasteiger partial charge is 0.382 e. The molecule has 0 radical (unpaired) electrons. The first-order valence-corrected chi connectivity index (χ1v) is 11.9. The summed E-state index contributed by atoms with van der Waals surface area (Å²) in [5.74, 6) is -0.0255. The number of benzene rings is 2. The molecule has 6 nitrogen and oxygen atoms in total. The number of fused-ring (bicyclic) bond motifs is 1. The molecular weight excluding hydrogens is 447 g/mol. The number of sulfonamides is 1. The van der Waals surface area contributed by atoms with Crippen LogP contribution in [0.4, 0.5) is 0 Å². The summed E-state index contributed by atoms with van der Waals surface area (Å²) in [5, 5.41) is 1.21. The van der Waals surface area contributed by atoms with Gasteiger partial charge in [-0.05, 0) is 48.0 Å². The Balaban J connectivity index is 1.81. The molecular formula is C21H26Cl2N2O4S. The summed E-state index contributed by atoms with van der Waals surface area (Å²) < 4.78 is 38.3. The van der Waals surface area contributed by atoms with Gasteiger partial charge in [0.2, 0.25) is 10.0 Å². The topological polar surface area (TPSA) is 67.9 Å². The highest BCUT2D eigenvalue weighted by atomic mass is 35.5. The standard InChI is InChI=1S/C21H26Cl2N2O4S/c1-25-13-19(18-11-16(22)12-21(23)20(18)14-25)15-4-3-5-17(10-15)30(26,27)24-6-7-29-9-8-28-2/h3-5,10-12,19,24H,6-9,13-14H2,1-2H3. The van der Waals surface area contributed by atoms with E-state index < -0.39 is 10.0 Å². The third kappa shape index (κ3) is 5.73. The van der Waals surface area contributed by atoms with Gasteiger partial charge in [0, 0.05) is 42.7 Å². The van der Waals surface area contributed by atoms with Crippen molar-refractivity contribution in [1.82, 2.24) is 9.62 Å². The first-order chi connectivity index (χ1) is 14.3. The third-order valence-electron chi connectivity index (χ3n) is 5.03. The quantitative estimate of drug-likeness (QED) is 0.565. The van der Waals surface area contributed by atoms with E-state index in [2.05, 4.69) is 9.62 Å². The normalized spacial score (nSPS) is 17.1. The number of nitrogens with one attached hydrogen (secondary N) is 1. The molecule has 3 rings (SSSR count). The van der Waals surface area contributed by atoms with E-state index >= 15 is 0 Å². The monoisotopic (exact) mass is 472 g/mol. The Kier molecular flexibility index (Phi) is 8.15. The third-order valence-corrected chi connectivity index (χ3v) is 7.05. The summed E-state index contributed by atoms with van der Waals surface area (Å²) in [6.07, 6.45) is 0. The zero-order valence-corrected chi connectivity index (χ0v) is 19.4. The van der Waals surface area contributed by atoms with Gasteiger partial charge in [-0.2, -0.15) is 0 Å². The number of hydrogen-bond acceptors (Lipinski definition) is 5.